The lowest BCUT2D eigenvalue weighted by atomic mass is 10.2. The van der Waals surface area contributed by atoms with E-state index in [0.29, 0.717) is 36.2 Å². The largest absolute Gasteiger partial charge is 0.505 e. The molecule has 0 aliphatic carbocycles. The molecule has 3 heterocycles. The van der Waals surface area contributed by atoms with Crippen LogP contribution in [0.25, 0.3) is 10.9 Å². The summed E-state index contributed by atoms with van der Waals surface area (Å²) in [5.41, 5.74) is 0.0371. The SMILES string of the molecule is O=C(O)c1ncc2nc(N3CC[C@@H](O)C3)ccc2c1O. The van der Waals surface area contributed by atoms with Crippen LogP contribution in [0.1, 0.15) is 16.9 Å². The Bertz CT molecular complexity index is 689. The van der Waals surface area contributed by atoms with E-state index in [0.717, 1.165) is 0 Å². The lowest BCUT2D eigenvalue weighted by molar-refractivity contribution is 0.0687. The Balaban J connectivity index is 2.04. The number of hydrogen-bond acceptors (Lipinski definition) is 6. The van der Waals surface area contributed by atoms with Gasteiger partial charge in [-0.25, -0.2) is 14.8 Å². The lowest BCUT2D eigenvalue weighted by Gasteiger charge is -2.17. The minimum absolute atomic E-state index is 0.348. The molecule has 20 heavy (non-hydrogen) atoms. The van der Waals surface area contributed by atoms with Crippen molar-refractivity contribution in [3.63, 3.8) is 0 Å². The van der Waals surface area contributed by atoms with E-state index in [2.05, 4.69) is 9.97 Å². The number of hydrogen-bond donors (Lipinski definition) is 3. The van der Waals surface area contributed by atoms with Crippen LogP contribution in [0, 0.1) is 0 Å². The summed E-state index contributed by atoms with van der Waals surface area (Å²) in [6, 6.07) is 3.32. The van der Waals surface area contributed by atoms with E-state index < -0.39 is 5.97 Å². The van der Waals surface area contributed by atoms with Crippen LogP contribution in [0.5, 0.6) is 5.75 Å². The molecular formula is C13H13N3O4. The van der Waals surface area contributed by atoms with Crippen LogP contribution in [-0.2, 0) is 0 Å². The van der Waals surface area contributed by atoms with Crippen molar-refractivity contribution in [1.29, 1.82) is 0 Å². The molecule has 0 unspecified atom stereocenters. The van der Waals surface area contributed by atoms with Gasteiger partial charge in [0.15, 0.2) is 11.4 Å². The average Bonchev–Trinajstić information content (AvgIpc) is 2.85. The first kappa shape index (κ1) is 12.6. The summed E-state index contributed by atoms with van der Waals surface area (Å²) in [6.45, 7) is 1.23. The Labute approximate surface area is 114 Å². The van der Waals surface area contributed by atoms with E-state index in [-0.39, 0.29) is 17.5 Å². The predicted molar refractivity (Wildman–Crippen MR) is 71.0 cm³/mol. The van der Waals surface area contributed by atoms with Gasteiger partial charge in [-0.15, -0.1) is 0 Å². The predicted octanol–water partition coefficient (Wildman–Crippen LogP) is 0.605. The van der Waals surface area contributed by atoms with Gasteiger partial charge in [-0.05, 0) is 18.6 Å². The molecule has 104 valence electrons. The monoisotopic (exact) mass is 275 g/mol. The quantitative estimate of drug-likeness (QED) is 0.736. The van der Waals surface area contributed by atoms with Gasteiger partial charge in [0, 0.05) is 18.5 Å². The number of carboxylic acid groups (broad SMARTS) is 1. The number of aromatic nitrogens is 2. The van der Waals surface area contributed by atoms with E-state index >= 15 is 0 Å². The van der Waals surface area contributed by atoms with E-state index in [9.17, 15) is 15.0 Å². The second kappa shape index (κ2) is 4.61. The number of aromatic carboxylic acids is 1. The number of carboxylic acids is 1. The van der Waals surface area contributed by atoms with Crippen molar-refractivity contribution in [2.75, 3.05) is 18.0 Å². The van der Waals surface area contributed by atoms with Crippen LogP contribution >= 0.6 is 0 Å². The number of β-amino-alcohol motifs (C(OH)–C–C–N with tert-alkyl or cyclic N) is 1. The van der Waals surface area contributed by atoms with Crippen molar-refractivity contribution in [3.05, 3.63) is 24.0 Å². The van der Waals surface area contributed by atoms with E-state index in [1.165, 1.54) is 6.20 Å². The Kier molecular flexibility index (Phi) is 2.90. The first-order valence-electron chi connectivity index (χ1n) is 6.21. The molecule has 1 fully saturated rings. The Morgan fingerprint density at radius 1 is 1.40 bits per heavy atom. The second-order valence-electron chi connectivity index (χ2n) is 4.75. The third-order valence-corrected chi connectivity index (χ3v) is 3.40. The smallest absolute Gasteiger partial charge is 0.358 e. The van der Waals surface area contributed by atoms with Crippen molar-refractivity contribution in [2.24, 2.45) is 0 Å². The molecule has 0 bridgehead atoms. The van der Waals surface area contributed by atoms with Gasteiger partial charge >= 0.3 is 5.97 Å². The number of aliphatic hydroxyl groups excluding tert-OH is 1. The zero-order valence-electron chi connectivity index (χ0n) is 10.5. The van der Waals surface area contributed by atoms with Gasteiger partial charge in [0.2, 0.25) is 0 Å². The number of anilines is 1. The Morgan fingerprint density at radius 2 is 2.20 bits per heavy atom. The van der Waals surface area contributed by atoms with Crippen LogP contribution in [0.15, 0.2) is 18.3 Å². The van der Waals surface area contributed by atoms with E-state index in [4.69, 9.17) is 5.11 Å². The van der Waals surface area contributed by atoms with Gasteiger partial charge in [-0.2, -0.15) is 0 Å². The third kappa shape index (κ3) is 2.01. The third-order valence-electron chi connectivity index (χ3n) is 3.40. The molecule has 0 radical (unpaired) electrons. The molecule has 2 aromatic rings. The molecule has 1 saturated heterocycles. The molecule has 0 saturated carbocycles. The van der Waals surface area contributed by atoms with Crippen molar-refractivity contribution >= 4 is 22.7 Å². The topological polar surface area (TPSA) is 107 Å². The number of pyridine rings is 2. The van der Waals surface area contributed by atoms with Crippen LogP contribution in [-0.4, -0.2) is 50.5 Å². The fraction of sp³-hybridized carbons (Fsp3) is 0.308. The van der Waals surface area contributed by atoms with Gasteiger partial charge in [0.1, 0.15) is 5.82 Å². The standard InChI is InChI=1S/C13H13N3O4/c17-7-3-4-16(6-7)10-2-1-8-9(15-10)5-14-11(12(8)18)13(19)20/h1-2,5,7,17-18H,3-4,6H2,(H,19,20)/t7-/m1/s1. The van der Waals surface area contributed by atoms with Crippen molar-refractivity contribution in [3.8, 4) is 5.75 Å². The van der Waals surface area contributed by atoms with E-state index in [1.807, 2.05) is 4.90 Å². The highest BCUT2D eigenvalue weighted by Gasteiger charge is 2.22. The number of carbonyl (C=O) groups is 1. The molecule has 0 amide bonds. The fourth-order valence-corrected chi connectivity index (χ4v) is 2.36. The first-order chi connectivity index (χ1) is 9.56. The molecule has 0 aromatic carbocycles. The molecule has 1 aliphatic rings. The van der Waals surface area contributed by atoms with Gasteiger partial charge in [-0.3, -0.25) is 0 Å². The summed E-state index contributed by atoms with van der Waals surface area (Å²) in [6.07, 6.45) is 1.67. The fourth-order valence-electron chi connectivity index (χ4n) is 2.36. The van der Waals surface area contributed by atoms with Crippen LogP contribution in [0.4, 0.5) is 5.82 Å². The minimum Gasteiger partial charge on any atom is -0.505 e. The summed E-state index contributed by atoms with van der Waals surface area (Å²) < 4.78 is 0. The van der Waals surface area contributed by atoms with Crippen molar-refractivity contribution in [1.82, 2.24) is 9.97 Å². The molecule has 1 aliphatic heterocycles. The zero-order chi connectivity index (χ0) is 14.3. The van der Waals surface area contributed by atoms with Crippen molar-refractivity contribution in [2.45, 2.75) is 12.5 Å². The molecule has 0 spiro atoms. The van der Waals surface area contributed by atoms with Crippen molar-refractivity contribution < 1.29 is 20.1 Å². The molecule has 7 nitrogen and oxygen atoms in total. The van der Waals surface area contributed by atoms with Crippen LogP contribution in [0.2, 0.25) is 0 Å². The van der Waals surface area contributed by atoms with Crippen LogP contribution < -0.4 is 4.90 Å². The summed E-state index contributed by atoms with van der Waals surface area (Å²) >= 11 is 0. The molecule has 7 heteroatoms. The summed E-state index contributed by atoms with van der Waals surface area (Å²) in [7, 11) is 0. The molecule has 1 atom stereocenters. The average molecular weight is 275 g/mol. The summed E-state index contributed by atoms with van der Waals surface area (Å²) in [5.74, 6) is -0.982. The summed E-state index contributed by atoms with van der Waals surface area (Å²) in [4.78, 5) is 20.9. The maximum atomic E-state index is 10.9. The zero-order valence-corrected chi connectivity index (χ0v) is 10.5. The Hall–Kier alpha value is -2.41. The van der Waals surface area contributed by atoms with E-state index in [1.54, 1.807) is 12.1 Å². The Morgan fingerprint density at radius 3 is 2.85 bits per heavy atom. The maximum Gasteiger partial charge on any atom is 0.358 e. The normalized spacial score (nSPS) is 18.6. The molecule has 3 N–H and O–H groups in total. The van der Waals surface area contributed by atoms with Gasteiger partial charge in [0.25, 0.3) is 0 Å². The molecule has 3 rings (SSSR count). The molecular weight excluding hydrogens is 262 g/mol. The highest BCUT2D eigenvalue weighted by atomic mass is 16.4. The van der Waals surface area contributed by atoms with Gasteiger partial charge in [-0.1, -0.05) is 0 Å². The number of aromatic hydroxyl groups is 1. The second-order valence-corrected chi connectivity index (χ2v) is 4.75. The highest BCUT2D eigenvalue weighted by Crippen LogP contribution is 2.28. The number of fused-ring (bicyclic) bond motifs is 1. The minimum atomic E-state index is -1.28. The molecule has 2 aromatic heterocycles. The maximum absolute atomic E-state index is 10.9. The first-order valence-corrected chi connectivity index (χ1v) is 6.21. The van der Waals surface area contributed by atoms with Gasteiger partial charge in [0.05, 0.1) is 17.8 Å². The van der Waals surface area contributed by atoms with Crippen LogP contribution in [0.3, 0.4) is 0 Å². The number of nitrogens with zero attached hydrogens (tertiary/aromatic N) is 3. The number of rotatable bonds is 2. The summed E-state index contributed by atoms with van der Waals surface area (Å²) in [5, 5.41) is 28.7. The van der Waals surface area contributed by atoms with Gasteiger partial charge < -0.3 is 20.2 Å². The lowest BCUT2D eigenvalue weighted by Crippen LogP contribution is -2.22. The number of aliphatic hydroxyl groups is 1. The highest BCUT2D eigenvalue weighted by molar-refractivity contribution is 5.97.